The van der Waals surface area contributed by atoms with Gasteiger partial charge in [0.25, 0.3) is 0 Å². The van der Waals surface area contributed by atoms with E-state index in [0.717, 1.165) is 23.0 Å². The summed E-state index contributed by atoms with van der Waals surface area (Å²) >= 11 is 0.901. The molecule has 0 aliphatic heterocycles. The average molecular weight is 515 g/mol. The van der Waals surface area contributed by atoms with Gasteiger partial charge < -0.3 is 10.6 Å². The first kappa shape index (κ1) is 24.3. The van der Waals surface area contributed by atoms with E-state index in [0.29, 0.717) is 25.5 Å². The molecule has 0 aliphatic carbocycles. The number of sulfonamides is 1. The summed E-state index contributed by atoms with van der Waals surface area (Å²) in [6.45, 7) is 3.21. The third-order valence-electron chi connectivity index (χ3n) is 2.57. The minimum Gasteiger partial charge on any atom is -0.357 e. The summed E-state index contributed by atoms with van der Waals surface area (Å²) in [6.07, 6.45) is -2.84. The molecule has 146 valence electrons. The molecule has 0 atom stereocenters. The lowest BCUT2D eigenvalue weighted by molar-refractivity contribution is -0.140. The van der Waals surface area contributed by atoms with Crippen LogP contribution in [0.25, 0.3) is 0 Å². The van der Waals surface area contributed by atoms with Gasteiger partial charge in [-0.05, 0) is 13.3 Å². The first-order valence-electron chi connectivity index (χ1n) is 7.10. The van der Waals surface area contributed by atoms with Crippen LogP contribution in [0.3, 0.4) is 0 Å². The second-order valence-electron chi connectivity index (χ2n) is 4.77. The molecule has 0 saturated carbocycles. The van der Waals surface area contributed by atoms with Crippen LogP contribution in [0.5, 0.6) is 0 Å². The quantitative estimate of drug-likeness (QED) is 0.212. The number of alkyl halides is 3. The lowest BCUT2D eigenvalue weighted by Gasteiger charge is -2.10. The lowest BCUT2D eigenvalue weighted by Crippen LogP contribution is -2.38. The standard InChI is InChI=1S/C12H20F3N5O2S2.HI/c1-3-16-11(17-5-4-6-19-24(2,21)22)18-7-10-20-9(8-23-10)12(13,14)15;/h8,19H,3-7H2,1-2H3,(H2,16,17,18);1H. The predicted octanol–water partition coefficient (Wildman–Crippen LogP) is 1.77. The van der Waals surface area contributed by atoms with Crippen molar-refractivity contribution in [2.24, 2.45) is 4.99 Å². The third-order valence-corrected chi connectivity index (χ3v) is 4.13. The largest absolute Gasteiger partial charge is 0.434 e. The fourth-order valence-corrected chi connectivity index (χ4v) is 2.79. The van der Waals surface area contributed by atoms with Crippen molar-refractivity contribution >= 4 is 51.3 Å². The van der Waals surface area contributed by atoms with E-state index in [-0.39, 0.29) is 42.1 Å². The molecule has 0 bridgehead atoms. The van der Waals surface area contributed by atoms with Crippen LogP contribution in [-0.4, -0.2) is 45.3 Å². The molecule has 0 amide bonds. The van der Waals surface area contributed by atoms with Gasteiger partial charge in [0.2, 0.25) is 10.0 Å². The zero-order valence-corrected chi connectivity index (χ0v) is 17.6. The highest BCUT2D eigenvalue weighted by Gasteiger charge is 2.33. The Morgan fingerprint density at radius 3 is 2.52 bits per heavy atom. The van der Waals surface area contributed by atoms with E-state index in [1.165, 1.54) is 0 Å². The van der Waals surface area contributed by atoms with Crippen molar-refractivity contribution in [2.45, 2.75) is 26.1 Å². The molecule has 1 heterocycles. The number of rotatable bonds is 8. The lowest BCUT2D eigenvalue weighted by atomic mass is 10.4. The summed E-state index contributed by atoms with van der Waals surface area (Å²) in [5.41, 5.74) is -0.914. The van der Waals surface area contributed by atoms with E-state index in [1.807, 2.05) is 6.92 Å². The molecule has 25 heavy (non-hydrogen) atoms. The molecule has 0 unspecified atom stereocenters. The summed E-state index contributed by atoms with van der Waals surface area (Å²) < 4.78 is 61.6. The molecule has 0 aromatic carbocycles. The normalized spacial score (nSPS) is 12.6. The zero-order chi connectivity index (χ0) is 18.2. The van der Waals surface area contributed by atoms with Crippen molar-refractivity contribution in [3.63, 3.8) is 0 Å². The second-order valence-corrected chi connectivity index (χ2v) is 7.54. The minimum absolute atomic E-state index is 0. The highest BCUT2D eigenvalue weighted by atomic mass is 127. The molecule has 1 rings (SSSR count). The van der Waals surface area contributed by atoms with Gasteiger partial charge in [-0.2, -0.15) is 13.2 Å². The van der Waals surface area contributed by atoms with Crippen LogP contribution < -0.4 is 15.4 Å². The van der Waals surface area contributed by atoms with Crippen molar-refractivity contribution < 1.29 is 21.6 Å². The van der Waals surface area contributed by atoms with Crippen LogP contribution in [0.1, 0.15) is 24.0 Å². The zero-order valence-electron chi connectivity index (χ0n) is 13.7. The van der Waals surface area contributed by atoms with Gasteiger partial charge in [0.1, 0.15) is 5.01 Å². The maximum atomic E-state index is 12.5. The topological polar surface area (TPSA) is 95.5 Å². The Morgan fingerprint density at radius 1 is 1.32 bits per heavy atom. The number of nitrogens with zero attached hydrogens (tertiary/aromatic N) is 2. The SMILES string of the molecule is CCNC(=NCc1nc(C(F)(F)F)cs1)NCCCNS(C)(=O)=O.I. The Balaban J connectivity index is 0.00000576. The molecule has 0 spiro atoms. The van der Waals surface area contributed by atoms with Crippen LogP contribution in [0.4, 0.5) is 13.2 Å². The van der Waals surface area contributed by atoms with Crippen LogP contribution in [0.15, 0.2) is 10.4 Å². The number of hydrogen-bond donors (Lipinski definition) is 3. The summed E-state index contributed by atoms with van der Waals surface area (Å²) in [5, 5.41) is 7.15. The molecule has 0 radical (unpaired) electrons. The van der Waals surface area contributed by atoms with Gasteiger partial charge in [-0.3, -0.25) is 0 Å². The van der Waals surface area contributed by atoms with Gasteiger partial charge in [-0.1, -0.05) is 0 Å². The predicted molar refractivity (Wildman–Crippen MR) is 103 cm³/mol. The number of nitrogens with one attached hydrogen (secondary N) is 3. The summed E-state index contributed by atoms with van der Waals surface area (Å²) in [6, 6.07) is 0. The van der Waals surface area contributed by atoms with Crippen LogP contribution in [0.2, 0.25) is 0 Å². The third kappa shape index (κ3) is 10.8. The van der Waals surface area contributed by atoms with Crippen molar-refractivity contribution in [2.75, 3.05) is 25.9 Å². The molecule has 13 heteroatoms. The molecule has 1 aromatic rings. The Bertz CT molecular complexity index is 649. The molecule has 1 aromatic heterocycles. The van der Waals surface area contributed by atoms with Gasteiger partial charge >= 0.3 is 6.18 Å². The summed E-state index contributed by atoms with van der Waals surface area (Å²) in [7, 11) is -3.21. The van der Waals surface area contributed by atoms with Crippen molar-refractivity contribution in [3.05, 3.63) is 16.1 Å². The number of thiazole rings is 1. The van der Waals surface area contributed by atoms with E-state index < -0.39 is 21.9 Å². The second kappa shape index (κ2) is 11.1. The molecular formula is C12H21F3IN5O2S2. The van der Waals surface area contributed by atoms with E-state index >= 15 is 0 Å². The number of guanidine groups is 1. The van der Waals surface area contributed by atoms with E-state index in [1.54, 1.807) is 0 Å². The molecule has 0 aliphatic rings. The Labute approximate surface area is 166 Å². The Hall–Kier alpha value is -0.670. The molecule has 3 N–H and O–H groups in total. The summed E-state index contributed by atoms with van der Waals surface area (Å²) in [5.74, 6) is 0.431. The molecular weight excluding hydrogens is 494 g/mol. The smallest absolute Gasteiger partial charge is 0.357 e. The van der Waals surface area contributed by atoms with E-state index in [9.17, 15) is 21.6 Å². The van der Waals surface area contributed by atoms with Crippen molar-refractivity contribution in [3.8, 4) is 0 Å². The number of hydrogen-bond acceptors (Lipinski definition) is 5. The van der Waals surface area contributed by atoms with Crippen LogP contribution >= 0.6 is 35.3 Å². The Morgan fingerprint density at radius 2 is 2.00 bits per heavy atom. The Kier molecular flexibility index (Phi) is 10.8. The van der Waals surface area contributed by atoms with Crippen LogP contribution in [-0.2, 0) is 22.7 Å². The van der Waals surface area contributed by atoms with E-state index in [4.69, 9.17) is 0 Å². The van der Waals surface area contributed by atoms with Crippen LogP contribution in [0, 0.1) is 0 Å². The number of aromatic nitrogens is 1. The number of aliphatic imine (C=N–C) groups is 1. The maximum Gasteiger partial charge on any atom is 0.434 e. The number of halogens is 4. The first-order chi connectivity index (χ1) is 11.1. The summed E-state index contributed by atoms with van der Waals surface area (Å²) in [4.78, 5) is 7.67. The highest BCUT2D eigenvalue weighted by Crippen LogP contribution is 2.30. The van der Waals surface area contributed by atoms with E-state index in [2.05, 4.69) is 25.3 Å². The minimum atomic E-state index is -4.45. The van der Waals surface area contributed by atoms with Gasteiger partial charge in [0.05, 0.1) is 12.8 Å². The maximum absolute atomic E-state index is 12.5. The fraction of sp³-hybridized carbons (Fsp3) is 0.667. The van der Waals surface area contributed by atoms with Gasteiger partial charge in [-0.25, -0.2) is 23.1 Å². The molecule has 0 saturated heterocycles. The average Bonchev–Trinajstić information content (AvgIpc) is 2.92. The fourth-order valence-electron chi connectivity index (χ4n) is 1.55. The molecule has 7 nitrogen and oxygen atoms in total. The monoisotopic (exact) mass is 515 g/mol. The van der Waals surface area contributed by atoms with Gasteiger partial charge in [-0.15, -0.1) is 35.3 Å². The first-order valence-corrected chi connectivity index (χ1v) is 9.87. The van der Waals surface area contributed by atoms with Gasteiger partial charge in [0, 0.05) is 25.0 Å². The van der Waals surface area contributed by atoms with Gasteiger partial charge in [0.15, 0.2) is 11.7 Å². The van der Waals surface area contributed by atoms with Crippen molar-refractivity contribution in [1.82, 2.24) is 20.3 Å². The highest BCUT2D eigenvalue weighted by molar-refractivity contribution is 14.0. The van der Waals surface area contributed by atoms with Crippen molar-refractivity contribution in [1.29, 1.82) is 0 Å². The molecule has 0 fully saturated rings.